The Morgan fingerprint density at radius 3 is 2.28 bits per heavy atom. The minimum atomic E-state index is -0.713. The van der Waals surface area contributed by atoms with Gasteiger partial charge in [-0.05, 0) is 55.1 Å². The number of likely N-dealkylation sites (N-methyl/N-ethyl adjacent to an activating group) is 1. The molecule has 1 heterocycles. The molecular formula is C27H22Cl2N2O5. The smallest absolute Gasteiger partial charge is 0.338 e. The van der Waals surface area contributed by atoms with Crippen LogP contribution in [0.5, 0.6) is 0 Å². The average Bonchev–Trinajstić information content (AvgIpc) is 3.18. The Bertz CT molecular complexity index is 1310. The highest BCUT2D eigenvalue weighted by Crippen LogP contribution is 2.27. The number of benzene rings is 3. The van der Waals surface area contributed by atoms with Gasteiger partial charge in [0, 0.05) is 12.1 Å². The molecule has 1 unspecified atom stereocenters. The van der Waals surface area contributed by atoms with Gasteiger partial charge >= 0.3 is 5.97 Å². The minimum Gasteiger partial charge on any atom is -0.454 e. The molecule has 2 amide bonds. The first-order valence-corrected chi connectivity index (χ1v) is 11.9. The summed E-state index contributed by atoms with van der Waals surface area (Å²) in [5, 5.41) is 0.540. The largest absolute Gasteiger partial charge is 0.454 e. The zero-order valence-corrected chi connectivity index (χ0v) is 20.8. The van der Waals surface area contributed by atoms with Gasteiger partial charge in [0.2, 0.25) is 5.91 Å². The van der Waals surface area contributed by atoms with Crippen molar-refractivity contribution in [1.29, 1.82) is 0 Å². The van der Waals surface area contributed by atoms with Crippen LogP contribution in [0.25, 0.3) is 0 Å². The van der Waals surface area contributed by atoms with Crippen LogP contribution < -0.4 is 4.90 Å². The molecule has 1 saturated heterocycles. The molecule has 0 N–H and O–H groups in total. The molecular weight excluding hydrogens is 503 g/mol. The van der Waals surface area contributed by atoms with Gasteiger partial charge in [-0.1, -0.05) is 53.5 Å². The maximum absolute atomic E-state index is 13.0. The van der Waals surface area contributed by atoms with E-state index >= 15 is 0 Å². The molecule has 0 radical (unpaired) electrons. The van der Waals surface area contributed by atoms with E-state index in [-0.39, 0.29) is 34.4 Å². The monoisotopic (exact) mass is 524 g/mol. The van der Waals surface area contributed by atoms with Crippen LogP contribution in [-0.2, 0) is 20.9 Å². The maximum Gasteiger partial charge on any atom is 0.338 e. The Balaban J connectivity index is 1.37. The number of halogens is 2. The molecule has 4 rings (SSSR count). The molecule has 3 aromatic rings. The van der Waals surface area contributed by atoms with Crippen LogP contribution in [0.3, 0.4) is 0 Å². The highest BCUT2D eigenvalue weighted by Gasteiger charge is 2.41. The summed E-state index contributed by atoms with van der Waals surface area (Å²) in [4.78, 5) is 53.4. The fourth-order valence-electron chi connectivity index (χ4n) is 3.93. The maximum atomic E-state index is 13.0. The van der Waals surface area contributed by atoms with Crippen LogP contribution in [0.2, 0.25) is 10.0 Å². The Kier molecular flexibility index (Phi) is 7.84. The van der Waals surface area contributed by atoms with E-state index < -0.39 is 24.4 Å². The van der Waals surface area contributed by atoms with Crippen LogP contribution >= 0.6 is 23.2 Å². The van der Waals surface area contributed by atoms with Crippen molar-refractivity contribution < 1.29 is 23.9 Å². The lowest BCUT2D eigenvalue weighted by Gasteiger charge is -2.23. The van der Waals surface area contributed by atoms with Crippen molar-refractivity contribution in [3.8, 4) is 0 Å². The number of esters is 1. The minimum absolute atomic E-state index is 0.0722. The number of hydrogen-bond donors (Lipinski definition) is 0. The van der Waals surface area contributed by atoms with Gasteiger partial charge in [0.15, 0.2) is 12.4 Å². The summed E-state index contributed by atoms with van der Waals surface area (Å²) < 4.78 is 5.11. The van der Waals surface area contributed by atoms with Crippen molar-refractivity contribution in [2.24, 2.45) is 0 Å². The lowest BCUT2D eigenvalue weighted by Crippen LogP contribution is -2.39. The van der Waals surface area contributed by atoms with Crippen molar-refractivity contribution >= 4 is 52.5 Å². The van der Waals surface area contributed by atoms with Gasteiger partial charge < -0.3 is 4.74 Å². The van der Waals surface area contributed by atoms with Crippen molar-refractivity contribution in [3.63, 3.8) is 0 Å². The number of ether oxygens (including phenoxy) is 1. The lowest BCUT2D eigenvalue weighted by atomic mass is 10.1. The summed E-state index contributed by atoms with van der Waals surface area (Å²) in [7, 11) is 1.81. The van der Waals surface area contributed by atoms with Crippen molar-refractivity contribution in [3.05, 3.63) is 99.5 Å². The van der Waals surface area contributed by atoms with Crippen LogP contribution in [-0.4, -0.2) is 48.2 Å². The van der Waals surface area contributed by atoms with Crippen molar-refractivity contribution in [1.82, 2.24) is 4.90 Å². The number of Topliss-reactive ketones (excluding diaryl/α,β-unsaturated/α-hetero) is 1. The predicted octanol–water partition coefficient (Wildman–Crippen LogP) is 4.80. The second kappa shape index (κ2) is 11.0. The lowest BCUT2D eigenvalue weighted by molar-refractivity contribution is -0.122. The fourth-order valence-corrected chi connectivity index (χ4v) is 4.23. The zero-order chi connectivity index (χ0) is 25.8. The SMILES string of the molecule is CN(Cc1ccccc1)C1CC(=O)N(c2ccc(C(=O)OCC(=O)c3ccc(Cl)c(Cl)c3)cc2)C1=O. The summed E-state index contributed by atoms with van der Waals surface area (Å²) in [6, 6.07) is 19.4. The van der Waals surface area contributed by atoms with Gasteiger partial charge in [-0.25, -0.2) is 9.69 Å². The van der Waals surface area contributed by atoms with Gasteiger partial charge in [0.05, 0.1) is 33.8 Å². The normalized spacial score (nSPS) is 15.4. The highest BCUT2D eigenvalue weighted by atomic mass is 35.5. The number of imide groups is 1. The Morgan fingerprint density at radius 2 is 1.61 bits per heavy atom. The van der Waals surface area contributed by atoms with E-state index in [4.69, 9.17) is 27.9 Å². The first kappa shape index (κ1) is 25.6. The molecule has 36 heavy (non-hydrogen) atoms. The summed E-state index contributed by atoms with van der Waals surface area (Å²) in [5.41, 5.74) is 1.85. The van der Waals surface area contributed by atoms with Crippen LogP contribution in [0, 0.1) is 0 Å². The topological polar surface area (TPSA) is 84.0 Å². The third-order valence-electron chi connectivity index (χ3n) is 5.87. The number of nitrogens with zero attached hydrogens (tertiary/aromatic N) is 2. The van der Waals surface area contributed by atoms with Crippen molar-refractivity contribution in [2.75, 3.05) is 18.6 Å². The first-order chi connectivity index (χ1) is 17.2. The van der Waals surface area contributed by atoms with Gasteiger partial charge in [0.1, 0.15) is 0 Å². The molecule has 184 valence electrons. The zero-order valence-electron chi connectivity index (χ0n) is 19.3. The third-order valence-corrected chi connectivity index (χ3v) is 6.61. The van der Waals surface area contributed by atoms with E-state index in [0.717, 1.165) is 10.5 Å². The summed E-state index contributed by atoms with van der Waals surface area (Å²) in [5.74, 6) is -1.78. The van der Waals surface area contributed by atoms with E-state index in [0.29, 0.717) is 17.3 Å². The second-order valence-corrected chi connectivity index (χ2v) is 9.18. The van der Waals surface area contributed by atoms with Gasteiger partial charge in [-0.15, -0.1) is 0 Å². The first-order valence-electron chi connectivity index (χ1n) is 11.1. The second-order valence-electron chi connectivity index (χ2n) is 8.36. The molecule has 1 atom stereocenters. The Labute approximate surface area is 218 Å². The molecule has 0 spiro atoms. The van der Waals surface area contributed by atoms with E-state index in [1.54, 1.807) is 0 Å². The van der Waals surface area contributed by atoms with E-state index in [1.807, 2.05) is 42.3 Å². The van der Waals surface area contributed by atoms with E-state index in [9.17, 15) is 19.2 Å². The number of carbonyl (C=O) groups excluding carboxylic acids is 4. The number of amides is 2. The molecule has 0 saturated carbocycles. The quantitative estimate of drug-likeness (QED) is 0.239. The molecule has 0 bridgehead atoms. The number of anilines is 1. The van der Waals surface area contributed by atoms with E-state index in [1.165, 1.54) is 42.5 Å². The molecule has 3 aromatic carbocycles. The van der Waals surface area contributed by atoms with Gasteiger partial charge in [-0.3, -0.25) is 19.3 Å². The summed E-state index contributed by atoms with van der Waals surface area (Å²) >= 11 is 11.8. The van der Waals surface area contributed by atoms with Gasteiger partial charge in [0.25, 0.3) is 5.91 Å². The Hall–Kier alpha value is -3.52. The highest BCUT2D eigenvalue weighted by molar-refractivity contribution is 6.42. The van der Waals surface area contributed by atoms with Crippen LogP contribution in [0.1, 0.15) is 32.7 Å². The molecule has 0 aliphatic carbocycles. The fraction of sp³-hybridized carbons (Fsp3) is 0.185. The van der Waals surface area contributed by atoms with Crippen molar-refractivity contribution in [2.45, 2.75) is 19.0 Å². The average molecular weight is 525 g/mol. The number of hydrogen-bond acceptors (Lipinski definition) is 6. The summed E-state index contributed by atoms with van der Waals surface area (Å²) in [6.45, 7) is 0.0567. The van der Waals surface area contributed by atoms with Crippen LogP contribution in [0.4, 0.5) is 5.69 Å². The van der Waals surface area contributed by atoms with Crippen LogP contribution in [0.15, 0.2) is 72.8 Å². The van der Waals surface area contributed by atoms with Gasteiger partial charge in [-0.2, -0.15) is 0 Å². The third kappa shape index (κ3) is 5.65. The molecule has 7 nitrogen and oxygen atoms in total. The standard InChI is InChI=1S/C27H22Cl2N2O5/c1-30(15-17-5-3-2-4-6-17)23-14-25(33)31(26(23)34)20-10-7-18(8-11-20)27(35)36-16-24(32)19-9-12-21(28)22(29)13-19/h2-13,23H,14-16H2,1H3. The summed E-state index contributed by atoms with van der Waals surface area (Å²) in [6.07, 6.45) is 0.0722. The number of carbonyl (C=O) groups is 4. The van der Waals surface area contributed by atoms with E-state index in [2.05, 4.69) is 0 Å². The molecule has 0 aromatic heterocycles. The molecule has 9 heteroatoms. The molecule has 1 aliphatic heterocycles. The molecule has 1 aliphatic rings. The predicted molar refractivity (Wildman–Crippen MR) is 136 cm³/mol. The number of rotatable bonds is 8. The number of ketones is 1. The Morgan fingerprint density at radius 1 is 0.944 bits per heavy atom. The molecule has 1 fully saturated rings.